The number of nitrogens with zero attached hydrogens (tertiary/aromatic N) is 5. The average molecular weight is 334 g/mol. The Morgan fingerprint density at radius 2 is 1.92 bits per heavy atom. The van der Waals surface area contributed by atoms with Gasteiger partial charge in [0.05, 0.1) is 12.6 Å². The molecule has 3 rings (SSSR count). The highest BCUT2D eigenvalue weighted by Crippen LogP contribution is 2.28. The smallest absolute Gasteiger partial charge is 0.346 e. The SMILES string of the molecule is FC(F)(F)c1ccnc(N[C@H](Cn2cncn2)c2ccccc2)n1. The summed E-state index contributed by atoms with van der Waals surface area (Å²) in [7, 11) is 0. The van der Waals surface area contributed by atoms with Crippen LogP contribution in [-0.4, -0.2) is 24.7 Å². The van der Waals surface area contributed by atoms with Gasteiger partial charge in [-0.1, -0.05) is 30.3 Å². The van der Waals surface area contributed by atoms with Crippen LogP contribution >= 0.6 is 0 Å². The summed E-state index contributed by atoms with van der Waals surface area (Å²) in [6.45, 7) is 0.365. The van der Waals surface area contributed by atoms with Crippen LogP contribution < -0.4 is 5.32 Å². The van der Waals surface area contributed by atoms with E-state index in [1.807, 2.05) is 30.3 Å². The van der Waals surface area contributed by atoms with Crippen LogP contribution in [0, 0.1) is 0 Å². The summed E-state index contributed by atoms with van der Waals surface area (Å²) >= 11 is 0. The third-order valence-corrected chi connectivity index (χ3v) is 3.29. The zero-order chi connectivity index (χ0) is 17.0. The van der Waals surface area contributed by atoms with Crippen LogP contribution in [0.4, 0.5) is 19.1 Å². The average Bonchev–Trinajstić information content (AvgIpc) is 3.08. The van der Waals surface area contributed by atoms with Gasteiger partial charge in [0.25, 0.3) is 0 Å². The molecule has 6 nitrogen and oxygen atoms in total. The number of hydrogen-bond donors (Lipinski definition) is 1. The predicted molar refractivity (Wildman–Crippen MR) is 79.9 cm³/mol. The van der Waals surface area contributed by atoms with Gasteiger partial charge in [0.15, 0.2) is 0 Å². The van der Waals surface area contributed by atoms with Gasteiger partial charge in [0.2, 0.25) is 5.95 Å². The molecular weight excluding hydrogens is 321 g/mol. The second-order valence-electron chi connectivity index (χ2n) is 4.99. The summed E-state index contributed by atoms with van der Waals surface area (Å²) in [5, 5.41) is 6.96. The molecule has 0 aliphatic rings. The minimum atomic E-state index is -4.52. The fourth-order valence-electron chi connectivity index (χ4n) is 2.18. The van der Waals surface area contributed by atoms with Gasteiger partial charge in [0, 0.05) is 6.20 Å². The van der Waals surface area contributed by atoms with E-state index in [9.17, 15) is 13.2 Å². The highest BCUT2D eigenvalue weighted by Gasteiger charge is 2.33. The molecule has 0 spiro atoms. The first kappa shape index (κ1) is 15.9. The summed E-state index contributed by atoms with van der Waals surface area (Å²) < 4.78 is 40.0. The summed E-state index contributed by atoms with van der Waals surface area (Å²) in [6.07, 6.45) is -0.517. The quantitative estimate of drug-likeness (QED) is 0.777. The van der Waals surface area contributed by atoms with Gasteiger partial charge in [-0.3, -0.25) is 4.68 Å². The minimum absolute atomic E-state index is 0.0983. The number of rotatable bonds is 5. The number of nitrogens with one attached hydrogen (secondary N) is 1. The van der Waals surface area contributed by atoms with Crippen LogP contribution in [0.15, 0.2) is 55.2 Å². The van der Waals surface area contributed by atoms with E-state index in [1.165, 1.54) is 12.7 Å². The minimum Gasteiger partial charge on any atom is -0.346 e. The second kappa shape index (κ2) is 6.65. The van der Waals surface area contributed by atoms with E-state index in [2.05, 4.69) is 25.4 Å². The van der Waals surface area contributed by atoms with E-state index < -0.39 is 11.9 Å². The molecule has 0 bridgehead atoms. The number of halogens is 3. The lowest BCUT2D eigenvalue weighted by molar-refractivity contribution is -0.141. The number of hydrogen-bond acceptors (Lipinski definition) is 5. The summed E-state index contributed by atoms with van der Waals surface area (Å²) in [5.41, 5.74) is -0.124. The monoisotopic (exact) mass is 334 g/mol. The zero-order valence-corrected chi connectivity index (χ0v) is 12.4. The van der Waals surface area contributed by atoms with E-state index in [0.717, 1.165) is 17.8 Å². The van der Waals surface area contributed by atoms with Crippen molar-refractivity contribution in [2.45, 2.75) is 18.8 Å². The van der Waals surface area contributed by atoms with E-state index in [1.54, 1.807) is 4.68 Å². The maximum atomic E-state index is 12.8. The standard InChI is InChI=1S/C15H13F3N6/c16-15(17,18)13-6-7-20-14(23-13)22-12(8-24-10-19-9-21-24)11-4-2-1-3-5-11/h1-7,9-10,12H,8H2,(H,20,22,23)/t12-/m1/s1. The Morgan fingerprint density at radius 1 is 1.12 bits per heavy atom. The second-order valence-corrected chi connectivity index (χ2v) is 4.99. The van der Waals surface area contributed by atoms with Crippen molar-refractivity contribution >= 4 is 5.95 Å². The van der Waals surface area contributed by atoms with Crippen molar-refractivity contribution in [2.75, 3.05) is 5.32 Å². The molecule has 3 aromatic rings. The van der Waals surface area contributed by atoms with Crippen molar-refractivity contribution in [3.63, 3.8) is 0 Å². The van der Waals surface area contributed by atoms with Crippen LogP contribution in [0.1, 0.15) is 17.3 Å². The fraction of sp³-hybridized carbons (Fsp3) is 0.200. The molecule has 124 valence electrons. The van der Waals surface area contributed by atoms with Crippen LogP contribution in [0.3, 0.4) is 0 Å². The molecule has 0 radical (unpaired) electrons. The lowest BCUT2D eigenvalue weighted by Gasteiger charge is -2.19. The van der Waals surface area contributed by atoms with E-state index in [0.29, 0.717) is 6.54 Å². The Bertz CT molecular complexity index is 773. The molecule has 2 aromatic heterocycles. The molecule has 1 aromatic carbocycles. The molecule has 9 heteroatoms. The topological polar surface area (TPSA) is 68.5 Å². The summed E-state index contributed by atoms with van der Waals surface area (Å²) in [6, 6.07) is 9.74. The Hall–Kier alpha value is -2.97. The van der Waals surface area contributed by atoms with Crippen molar-refractivity contribution in [2.24, 2.45) is 0 Å². The van der Waals surface area contributed by atoms with Crippen molar-refractivity contribution in [3.8, 4) is 0 Å². The molecule has 0 unspecified atom stereocenters. The Morgan fingerprint density at radius 3 is 2.58 bits per heavy atom. The first-order chi connectivity index (χ1) is 11.5. The third kappa shape index (κ3) is 3.86. The van der Waals surface area contributed by atoms with Crippen molar-refractivity contribution in [1.82, 2.24) is 24.7 Å². The van der Waals surface area contributed by atoms with Gasteiger partial charge < -0.3 is 5.32 Å². The predicted octanol–water partition coefficient (Wildman–Crippen LogP) is 2.94. The maximum absolute atomic E-state index is 12.8. The zero-order valence-electron chi connectivity index (χ0n) is 12.4. The van der Waals surface area contributed by atoms with E-state index in [4.69, 9.17) is 0 Å². The molecular formula is C15H13F3N6. The molecule has 0 saturated carbocycles. The molecule has 1 atom stereocenters. The third-order valence-electron chi connectivity index (χ3n) is 3.29. The van der Waals surface area contributed by atoms with Gasteiger partial charge in [-0.2, -0.15) is 18.3 Å². The van der Waals surface area contributed by atoms with E-state index >= 15 is 0 Å². The summed E-state index contributed by atoms with van der Waals surface area (Å²) in [4.78, 5) is 11.3. The molecule has 2 heterocycles. The highest BCUT2D eigenvalue weighted by molar-refractivity contribution is 5.32. The lowest BCUT2D eigenvalue weighted by Crippen LogP contribution is -2.20. The molecule has 1 N–H and O–H groups in total. The fourth-order valence-corrected chi connectivity index (χ4v) is 2.18. The number of anilines is 1. The number of alkyl halides is 3. The lowest BCUT2D eigenvalue weighted by atomic mass is 10.1. The normalized spacial score (nSPS) is 12.8. The van der Waals surface area contributed by atoms with Crippen LogP contribution in [0.5, 0.6) is 0 Å². The summed E-state index contributed by atoms with van der Waals surface area (Å²) in [5.74, 6) is -0.0983. The van der Waals surface area contributed by atoms with Gasteiger partial charge in [-0.25, -0.2) is 15.0 Å². The Kier molecular flexibility index (Phi) is 4.41. The van der Waals surface area contributed by atoms with Crippen LogP contribution in [0.25, 0.3) is 0 Å². The van der Waals surface area contributed by atoms with Crippen LogP contribution in [-0.2, 0) is 12.7 Å². The maximum Gasteiger partial charge on any atom is 0.433 e. The highest BCUT2D eigenvalue weighted by atomic mass is 19.4. The van der Waals surface area contributed by atoms with Crippen molar-refractivity contribution in [3.05, 3.63) is 66.5 Å². The molecule has 0 saturated heterocycles. The van der Waals surface area contributed by atoms with Gasteiger partial charge >= 0.3 is 6.18 Å². The largest absolute Gasteiger partial charge is 0.433 e. The molecule has 0 amide bonds. The van der Waals surface area contributed by atoms with Crippen molar-refractivity contribution < 1.29 is 13.2 Å². The van der Waals surface area contributed by atoms with Gasteiger partial charge in [-0.05, 0) is 11.6 Å². The van der Waals surface area contributed by atoms with Gasteiger partial charge in [0.1, 0.15) is 18.3 Å². The number of aromatic nitrogens is 5. The van der Waals surface area contributed by atoms with E-state index in [-0.39, 0.29) is 12.0 Å². The molecule has 0 fully saturated rings. The Labute approximate surface area is 135 Å². The van der Waals surface area contributed by atoms with Crippen molar-refractivity contribution in [1.29, 1.82) is 0 Å². The van der Waals surface area contributed by atoms with Crippen LogP contribution in [0.2, 0.25) is 0 Å². The Balaban J connectivity index is 1.87. The molecule has 24 heavy (non-hydrogen) atoms. The first-order valence-corrected chi connectivity index (χ1v) is 7.06. The van der Waals surface area contributed by atoms with Gasteiger partial charge in [-0.15, -0.1) is 0 Å². The molecule has 0 aliphatic heterocycles. The number of benzene rings is 1. The first-order valence-electron chi connectivity index (χ1n) is 7.06. The molecule has 0 aliphatic carbocycles.